The number of benzene rings is 2. The number of nitrogens with one attached hydrogen (secondary N) is 2. The van der Waals surface area contributed by atoms with Gasteiger partial charge in [-0.15, -0.1) is 0 Å². The average molecular weight is 353 g/mol. The summed E-state index contributed by atoms with van der Waals surface area (Å²) in [6.07, 6.45) is 1.56. The fraction of sp³-hybridized carbons (Fsp3) is 0.250. The lowest BCUT2D eigenvalue weighted by molar-refractivity contribution is -0.136. The van der Waals surface area contributed by atoms with Crippen molar-refractivity contribution < 1.29 is 14.3 Å². The Hall–Kier alpha value is -3.15. The Bertz CT molecular complexity index is 791. The van der Waals surface area contributed by atoms with Gasteiger partial charge >= 0.3 is 11.8 Å². The number of hydrazone groups is 1. The van der Waals surface area contributed by atoms with Gasteiger partial charge in [0.15, 0.2) is 0 Å². The zero-order chi connectivity index (χ0) is 19.1. The smallest absolute Gasteiger partial charge is 0.329 e. The SMILES string of the molecule is Cc1cccc(C)c1NC(=O)C(=O)N/N=C\c1ccc(OC(C)C)cc1. The van der Waals surface area contributed by atoms with Crippen LogP contribution in [0.15, 0.2) is 47.6 Å². The predicted octanol–water partition coefficient (Wildman–Crippen LogP) is 3.18. The first kappa shape index (κ1) is 19.2. The van der Waals surface area contributed by atoms with Gasteiger partial charge in [-0.05, 0) is 68.7 Å². The van der Waals surface area contributed by atoms with E-state index in [1.54, 1.807) is 0 Å². The molecule has 0 aliphatic rings. The number of carbonyl (C=O) groups is 2. The van der Waals surface area contributed by atoms with Crippen LogP contribution in [0.4, 0.5) is 5.69 Å². The molecule has 0 aromatic heterocycles. The number of anilines is 1. The summed E-state index contributed by atoms with van der Waals surface area (Å²) in [5.41, 5.74) is 5.41. The largest absolute Gasteiger partial charge is 0.491 e. The molecule has 0 fully saturated rings. The first-order valence-electron chi connectivity index (χ1n) is 8.34. The molecule has 26 heavy (non-hydrogen) atoms. The van der Waals surface area contributed by atoms with Crippen LogP contribution in [0.25, 0.3) is 0 Å². The zero-order valence-corrected chi connectivity index (χ0v) is 15.4. The van der Waals surface area contributed by atoms with Gasteiger partial charge in [0, 0.05) is 5.69 Å². The fourth-order valence-corrected chi connectivity index (χ4v) is 2.30. The number of hydrogen-bond donors (Lipinski definition) is 2. The second-order valence-electron chi connectivity index (χ2n) is 6.16. The van der Waals surface area contributed by atoms with Crippen LogP contribution in [-0.4, -0.2) is 24.1 Å². The summed E-state index contributed by atoms with van der Waals surface area (Å²) in [5.74, 6) is -0.835. The Labute approximate surface area is 153 Å². The van der Waals surface area contributed by atoms with Crippen molar-refractivity contribution in [3.05, 3.63) is 59.2 Å². The molecular weight excluding hydrogens is 330 g/mol. The number of ether oxygens (including phenoxy) is 1. The molecule has 0 aliphatic heterocycles. The number of nitrogens with zero attached hydrogens (tertiary/aromatic N) is 1. The van der Waals surface area contributed by atoms with E-state index in [9.17, 15) is 9.59 Å². The second kappa shape index (κ2) is 8.80. The van der Waals surface area contributed by atoms with Crippen LogP contribution >= 0.6 is 0 Å². The molecule has 6 heteroatoms. The van der Waals surface area contributed by atoms with E-state index in [2.05, 4.69) is 15.8 Å². The van der Waals surface area contributed by atoms with Gasteiger partial charge in [0.2, 0.25) is 0 Å². The van der Waals surface area contributed by atoms with Crippen LogP contribution in [0, 0.1) is 13.8 Å². The molecule has 0 saturated heterocycles. The lowest BCUT2D eigenvalue weighted by Crippen LogP contribution is -2.32. The lowest BCUT2D eigenvalue weighted by atomic mass is 10.1. The maximum atomic E-state index is 12.0. The molecule has 0 bridgehead atoms. The Morgan fingerprint density at radius 1 is 1.00 bits per heavy atom. The van der Waals surface area contributed by atoms with Crippen molar-refractivity contribution in [3.63, 3.8) is 0 Å². The van der Waals surface area contributed by atoms with Crippen LogP contribution in [0.2, 0.25) is 0 Å². The molecule has 2 aromatic carbocycles. The van der Waals surface area contributed by atoms with Crippen LogP contribution in [0.3, 0.4) is 0 Å². The highest BCUT2D eigenvalue weighted by Crippen LogP contribution is 2.19. The van der Waals surface area contributed by atoms with Gasteiger partial charge in [-0.25, -0.2) is 5.43 Å². The van der Waals surface area contributed by atoms with E-state index in [0.29, 0.717) is 5.69 Å². The normalized spacial score (nSPS) is 10.8. The van der Waals surface area contributed by atoms with E-state index < -0.39 is 11.8 Å². The molecule has 2 aromatic rings. The molecule has 6 nitrogen and oxygen atoms in total. The van der Waals surface area contributed by atoms with Crippen molar-refractivity contribution in [3.8, 4) is 5.75 Å². The number of carbonyl (C=O) groups excluding carboxylic acids is 2. The van der Waals surface area contributed by atoms with E-state index >= 15 is 0 Å². The third-order valence-electron chi connectivity index (χ3n) is 3.56. The Balaban J connectivity index is 1.91. The van der Waals surface area contributed by atoms with E-state index in [0.717, 1.165) is 22.4 Å². The molecule has 0 unspecified atom stereocenters. The number of aryl methyl sites for hydroxylation is 2. The Kier molecular flexibility index (Phi) is 6.49. The molecule has 0 heterocycles. The van der Waals surface area contributed by atoms with Gasteiger partial charge in [0.25, 0.3) is 0 Å². The number of rotatable bonds is 5. The third-order valence-corrected chi connectivity index (χ3v) is 3.56. The van der Waals surface area contributed by atoms with Crippen LogP contribution in [0.1, 0.15) is 30.5 Å². The zero-order valence-electron chi connectivity index (χ0n) is 15.4. The number of para-hydroxylation sites is 1. The van der Waals surface area contributed by atoms with Gasteiger partial charge in [-0.2, -0.15) is 5.10 Å². The molecule has 0 radical (unpaired) electrons. The van der Waals surface area contributed by atoms with Crippen LogP contribution in [0.5, 0.6) is 5.75 Å². The van der Waals surface area contributed by atoms with E-state index in [1.165, 1.54) is 6.21 Å². The Morgan fingerprint density at radius 3 is 2.19 bits per heavy atom. The fourth-order valence-electron chi connectivity index (χ4n) is 2.30. The van der Waals surface area contributed by atoms with Crippen molar-refractivity contribution in [1.82, 2.24) is 5.43 Å². The average Bonchev–Trinajstić information content (AvgIpc) is 2.59. The highest BCUT2D eigenvalue weighted by molar-refractivity contribution is 6.39. The highest BCUT2D eigenvalue weighted by atomic mass is 16.5. The summed E-state index contributed by atoms with van der Waals surface area (Å²) in [7, 11) is 0. The van der Waals surface area contributed by atoms with Crippen molar-refractivity contribution >= 4 is 23.7 Å². The van der Waals surface area contributed by atoms with Gasteiger partial charge in [0.1, 0.15) is 5.75 Å². The monoisotopic (exact) mass is 353 g/mol. The molecule has 0 aliphatic carbocycles. The first-order valence-corrected chi connectivity index (χ1v) is 8.34. The van der Waals surface area contributed by atoms with Crippen LogP contribution < -0.4 is 15.5 Å². The Morgan fingerprint density at radius 2 is 1.62 bits per heavy atom. The topological polar surface area (TPSA) is 79.8 Å². The number of hydrogen-bond acceptors (Lipinski definition) is 4. The molecule has 2 rings (SSSR count). The lowest BCUT2D eigenvalue weighted by Gasteiger charge is -2.10. The van der Waals surface area contributed by atoms with Gasteiger partial charge in [-0.1, -0.05) is 18.2 Å². The van der Waals surface area contributed by atoms with Gasteiger partial charge in [0.05, 0.1) is 12.3 Å². The third kappa shape index (κ3) is 5.44. The minimum atomic E-state index is -0.830. The maximum Gasteiger partial charge on any atom is 0.329 e. The van der Waals surface area contributed by atoms with E-state index in [4.69, 9.17) is 4.74 Å². The van der Waals surface area contributed by atoms with Crippen LogP contribution in [-0.2, 0) is 9.59 Å². The number of amides is 2. The predicted molar refractivity (Wildman–Crippen MR) is 102 cm³/mol. The molecule has 136 valence electrons. The summed E-state index contributed by atoms with van der Waals surface area (Å²) in [4.78, 5) is 23.9. The summed E-state index contributed by atoms with van der Waals surface area (Å²) < 4.78 is 5.55. The van der Waals surface area contributed by atoms with E-state index in [-0.39, 0.29) is 6.10 Å². The second-order valence-corrected chi connectivity index (χ2v) is 6.16. The van der Waals surface area contributed by atoms with Crippen molar-refractivity contribution in [2.24, 2.45) is 5.10 Å². The summed E-state index contributed by atoms with van der Waals surface area (Å²) in [6, 6.07) is 12.9. The maximum absolute atomic E-state index is 12.0. The summed E-state index contributed by atoms with van der Waals surface area (Å²) in [5, 5.41) is 6.42. The quantitative estimate of drug-likeness (QED) is 0.492. The van der Waals surface area contributed by atoms with E-state index in [1.807, 2.05) is 70.2 Å². The molecular formula is C20H23N3O3. The van der Waals surface area contributed by atoms with Gasteiger partial charge < -0.3 is 10.1 Å². The standard InChI is InChI=1S/C20H23N3O3/c1-13(2)26-17-10-8-16(9-11-17)12-21-23-20(25)19(24)22-18-14(3)6-5-7-15(18)4/h5-13H,1-4H3,(H,22,24)(H,23,25)/b21-12-. The molecule has 2 N–H and O–H groups in total. The summed E-state index contributed by atoms with van der Waals surface area (Å²) >= 11 is 0. The van der Waals surface area contributed by atoms with Crippen molar-refractivity contribution in [1.29, 1.82) is 0 Å². The summed E-state index contributed by atoms with van der Waals surface area (Å²) in [6.45, 7) is 7.64. The van der Waals surface area contributed by atoms with Crippen molar-refractivity contribution in [2.45, 2.75) is 33.8 Å². The molecule has 0 saturated carbocycles. The first-order chi connectivity index (χ1) is 12.4. The molecule has 0 spiro atoms. The van der Waals surface area contributed by atoms with Crippen molar-refractivity contribution in [2.75, 3.05) is 5.32 Å². The minimum Gasteiger partial charge on any atom is -0.491 e. The molecule has 0 atom stereocenters. The molecule has 2 amide bonds. The van der Waals surface area contributed by atoms with Gasteiger partial charge in [-0.3, -0.25) is 9.59 Å². The minimum absolute atomic E-state index is 0.101. The highest BCUT2D eigenvalue weighted by Gasteiger charge is 2.15.